The molecule has 0 bridgehead atoms. The Morgan fingerprint density at radius 2 is 1.73 bits per heavy atom. The average molecular weight is 206 g/mol. The summed E-state index contributed by atoms with van der Waals surface area (Å²) in [5, 5.41) is 1.59. The van der Waals surface area contributed by atoms with Crippen molar-refractivity contribution in [1.29, 1.82) is 0 Å². The molecule has 15 heavy (non-hydrogen) atoms. The van der Waals surface area contributed by atoms with Crippen molar-refractivity contribution in [3.63, 3.8) is 0 Å². The Morgan fingerprint density at radius 3 is 2.40 bits per heavy atom. The van der Waals surface area contributed by atoms with Gasteiger partial charge in [0, 0.05) is 5.56 Å². The van der Waals surface area contributed by atoms with Crippen molar-refractivity contribution in [1.82, 2.24) is 0 Å². The Kier molecular flexibility index (Phi) is 2.43. The summed E-state index contributed by atoms with van der Waals surface area (Å²) in [7, 11) is 0. The first-order chi connectivity index (χ1) is 7.09. The summed E-state index contributed by atoms with van der Waals surface area (Å²) in [5.74, 6) is 0. The lowest BCUT2D eigenvalue weighted by Crippen LogP contribution is -1.89. The summed E-state index contributed by atoms with van der Waals surface area (Å²) in [6.07, 6.45) is -2.41. The standard InChI is InChI=1S/C13H12F2/c1-8-6-9(2)10-4-3-5-11(13(14)15)12(10)7-8/h3-7,13H,1-2H3. The maximum Gasteiger partial charge on any atom is 0.264 e. The second-order valence-corrected chi connectivity index (χ2v) is 3.82. The van der Waals surface area contributed by atoms with Crippen LogP contribution in [0.15, 0.2) is 30.3 Å². The SMILES string of the molecule is Cc1cc(C)c2cccc(C(F)F)c2c1. The molecule has 2 aromatic rings. The quantitative estimate of drug-likeness (QED) is 0.649. The van der Waals surface area contributed by atoms with Crippen molar-refractivity contribution in [3.8, 4) is 0 Å². The first kappa shape index (κ1) is 10.1. The second-order valence-electron chi connectivity index (χ2n) is 3.82. The van der Waals surface area contributed by atoms with Gasteiger partial charge in [-0.15, -0.1) is 0 Å². The van der Waals surface area contributed by atoms with Crippen LogP contribution in [0.1, 0.15) is 23.1 Å². The van der Waals surface area contributed by atoms with E-state index in [0.29, 0.717) is 5.39 Å². The molecule has 0 atom stereocenters. The summed E-state index contributed by atoms with van der Waals surface area (Å²) >= 11 is 0. The van der Waals surface area contributed by atoms with Crippen LogP contribution in [0.3, 0.4) is 0 Å². The molecule has 2 aromatic carbocycles. The molecule has 0 fully saturated rings. The van der Waals surface area contributed by atoms with Gasteiger partial charge in [-0.05, 0) is 30.2 Å². The maximum absolute atomic E-state index is 12.8. The van der Waals surface area contributed by atoms with Gasteiger partial charge < -0.3 is 0 Å². The van der Waals surface area contributed by atoms with E-state index in [2.05, 4.69) is 0 Å². The van der Waals surface area contributed by atoms with Gasteiger partial charge in [-0.2, -0.15) is 0 Å². The van der Waals surface area contributed by atoms with E-state index in [1.54, 1.807) is 6.07 Å². The van der Waals surface area contributed by atoms with Crippen molar-refractivity contribution in [2.45, 2.75) is 20.3 Å². The third kappa shape index (κ3) is 1.72. The fraction of sp³-hybridized carbons (Fsp3) is 0.231. The van der Waals surface area contributed by atoms with Gasteiger partial charge in [-0.3, -0.25) is 0 Å². The lowest BCUT2D eigenvalue weighted by molar-refractivity contribution is 0.153. The van der Waals surface area contributed by atoms with Gasteiger partial charge >= 0.3 is 0 Å². The highest BCUT2D eigenvalue weighted by molar-refractivity contribution is 5.89. The zero-order valence-corrected chi connectivity index (χ0v) is 8.72. The van der Waals surface area contributed by atoms with Gasteiger partial charge in [0.15, 0.2) is 0 Å². The van der Waals surface area contributed by atoms with Crippen LogP contribution in [-0.4, -0.2) is 0 Å². The predicted octanol–water partition coefficient (Wildman–Crippen LogP) is 4.39. The first-order valence-electron chi connectivity index (χ1n) is 4.87. The molecule has 0 saturated carbocycles. The number of rotatable bonds is 1. The van der Waals surface area contributed by atoms with E-state index in [4.69, 9.17) is 0 Å². The number of hydrogen-bond acceptors (Lipinski definition) is 0. The Labute approximate surface area is 87.5 Å². The monoisotopic (exact) mass is 206 g/mol. The molecule has 2 rings (SSSR count). The van der Waals surface area contributed by atoms with Crippen LogP contribution in [-0.2, 0) is 0 Å². The molecule has 0 heterocycles. The van der Waals surface area contributed by atoms with Crippen molar-refractivity contribution in [2.75, 3.05) is 0 Å². The molecule has 0 spiro atoms. The number of hydrogen-bond donors (Lipinski definition) is 0. The normalized spacial score (nSPS) is 11.3. The topological polar surface area (TPSA) is 0 Å². The van der Waals surface area contributed by atoms with E-state index < -0.39 is 6.43 Å². The lowest BCUT2D eigenvalue weighted by Gasteiger charge is -2.09. The summed E-state index contributed by atoms with van der Waals surface area (Å²) < 4.78 is 25.5. The molecule has 0 radical (unpaired) electrons. The van der Waals surface area contributed by atoms with Gasteiger partial charge in [-0.25, -0.2) is 8.78 Å². The fourth-order valence-electron chi connectivity index (χ4n) is 1.97. The van der Waals surface area contributed by atoms with Crippen molar-refractivity contribution >= 4 is 10.8 Å². The number of aryl methyl sites for hydroxylation is 2. The molecule has 0 saturated heterocycles. The van der Waals surface area contributed by atoms with E-state index in [1.165, 1.54) is 6.07 Å². The molecule has 2 heteroatoms. The molecule has 0 N–H and O–H groups in total. The van der Waals surface area contributed by atoms with Gasteiger partial charge in [0.2, 0.25) is 0 Å². The first-order valence-corrected chi connectivity index (χ1v) is 4.87. The highest BCUT2D eigenvalue weighted by atomic mass is 19.3. The summed E-state index contributed by atoms with van der Waals surface area (Å²) in [4.78, 5) is 0. The lowest BCUT2D eigenvalue weighted by atomic mass is 9.98. The van der Waals surface area contributed by atoms with E-state index in [1.807, 2.05) is 32.0 Å². The van der Waals surface area contributed by atoms with E-state index in [-0.39, 0.29) is 5.56 Å². The molecule has 0 amide bonds. The molecular formula is C13H12F2. The van der Waals surface area contributed by atoms with Crippen LogP contribution in [0.2, 0.25) is 0 Å². The maximum atomic E-state index is 12.8. The summed E-state index contributed by atoms with van der Waals surface area (Å²) in [5.41, 5.74) is 2.19. The largest absolute Gasteiger partial charge is 0.264 e. The second kappa shape index (κ2) is 3.61. The van der Waals surface area contributed by atoms with Gasteiger partial charge in [0.1, 0.15) is 0 Å². The Hall–Kier alpha value is -1.44. The summed E-state index contributed by atoms with van der Waals surface area (Å²) in [6.45, 7) is 3.87. The molecule has 0 aliphatic rings. The molecule has 0 unspecified atom stereocenters. The Morgan fingerprint density at radius 1 is 1.00 bits per heavy atom. The fourth-order valence-corrected chi connectivity index (χ4v) is 1.97. The minimum atomic E-state index is -2.41. The zero-order chi connectivity index (χ0) is 11.0. The number of benzene rings is 2. The van der Waals surface area contributed by atoms with Crippen molar-refractivity contribution in [3.05, 3.63) is 47.0 Å². The third-order valence-corrected chi connectivity index (χ3v) is 2.62. The zero-order valence-electron chi connectivity index (χ0n) is 8.72. The molecular weight excluding hydrogens is 194 g/mol. The van der Waals surface area contributed by atoms with Gasteiger partial charge in [-0.1, -0.05) is 35.9 Å². The predicted molar refractivity (Wildman–Crippen MR) is 58.4 cm³/mol. The Bertz CT molecular complexity index is 501. The van der Waals surface area contributed by atoms with E-state index in [9.17, 15) is 8.78 Å². The highest BCUT2D eigenvalue weighted by Gasteiger charge is 2.11. The highest BCUT2D eigenvalue weighted by Crippen LogP contribution is 2.30. The minimum absolute atomic E-state index is 0.124. The smallest absolute Gasteiger partial charge is 0.205 e. The Balaban J connectivity index is 2.85. The number of halogens is 2. The van der Waals surface area contributed by atoms with Crippen LogP contribution in [0.5, 0.6) is 0 Å². The van der Waals surface area contributed by atoms with Crippen LogP contribution >= 0.6 is 0 Å². The number of fused-ring (bicyclic) bond motifs is 1. The van der Waals surface area contributed by atoms with E-state index in [0.717, 1.165) is 16.5 Å². The summed E-state index contributed by atoms with van der Waals surface area (Å²) in [6, 6.07) is 8.90. The van der Waals surface area contributed by atoms with Crippen LogP contribution in [0, 0.1) is 13.8 Å². The minimum Gasteiger partial charge on any atom is -0.205 e. The third-order valence-electron chi connectivity index (χ3n) is 2.62. The van der Waals surface area contributed by atoms with E-state index >= 15 is 0 Å². The molecule has 0 aliphatic heterocycles. The average Bonchev–Trinajstić information content (AvgIpc) is 2.16. The van der Waals surface area contributed by atoms with Crippen molar-refractivity contribution in [2.24, 2.45) is 0 Å². The van der Waals surface area contributed by atoms with Gasteiger partial charge in [0.25, 0.3) is 6.43 Å². The van der Waals surface area contributed by atoms with Crippen LogP contribution < -0.4 is 0 Å². The van der Waals surface area contributed by atoms with Crippen molar-refractivity contribution < 1.29 is 8.78 Å². The molecule has 78 valence electrons. The van der Waals surface area contributed by atoms with Crippen LogP contribution in [0.4, 0.5) is 8.78 Å². The molecule has 0 aliphatic carbocycles. The molecule has 0 nitrogen and oxygen atoms in total. The number of alkyl halides is 2. The van der Waals surface area contributed by atoms with Gasteiger partial charge in [0.05, 0.1) is 0 Å². The molecule has 0 aromatic heterocycles. The van der Waals surface area contributed by atoms with Crippen LogP contribution in [0.25, 0.3) is 10.8 Å².